The van der Waals surface area contributed by atoms with Crippen LogP contribution in [-0.2, 0) is 0 Å². The number of nitrogens with two attached hydrogens (primary N) is 3. The first-order valence-electron chi connectivity index (χ1n) is 5.80. The van der Waals surface area contributed by atoms with E-state index < -0.39 is 5.91 Å². The first-order chi connectivity index (χ1) is 9.32. The van der Waals surface area contributed by atoms with Gasteiger partial charge in [0.25, 0.3) is 5.91 Å². The maximum atomic E-state index is 11.1. The summed E-state index contributed by atoms with van der Waals surface area (Å²) in [6.07, 6.45) is 0. The van der Waals surface area contributed by atoms with Crippen LogP contribution < -0.4 is 17.2 Å². The number of primary amides is 1. The molecule has 8 heteroatoms. The SMILES string of the molecule is Cc1nc(C(N)=O)ccc1-n1nc(C)c(C(=N)N)c1N. The second kappa shape index (κ2) is 4.65. The minimum absolute atomic E-state index is 0.148. The van der Waals surface area contributed by atoms with E-state index in [0.717, 1.165) is 0 Å². The highest BCUT2D eigenvalue weighted by Crippen LogP contribution is 2.22. The molecule has 0 fully saturated rings. The van der Waals surface area contributed by atoms with Crippen molar-refractivity contribution in [2.24, 2.45) is 11.5 Å². The van der Waals surface area contributed by atoms with Crippen molar-refractivity contribution >= 4 is 17.6 Å². The molecule has 104 valence electrons. The average Bonchev–Trinajstić information content (AvgIpc) is 2.64. The summed E-state index contributed by atoms with van der Waals surface area (Å²) in [5, 5.41) is 11.8. The Morgan fingerprint density at radius 3 is 2.35 bits per heavy atom. The van der Waals surface area contributed by atoms with Crippen LogP contribution in [0.5, 0.6) is 0 Å². The zero-order valence-electron chi connectivity index (χ0n) is 11.1. The zero-order chi connectivity index (χ0) is 15.0. The van der Waals surface area contributed by atoms with Crippen LogP contribution in [-0.4, -0.2) is 26.5 Å². The standard InChI is InChI=1S/C12H15N7O/c1-5-8(4-3-7(17-5)12(16)20)19-11(15)9(10(13)14)6(2)18-19/h3-4H,15H2,1-2H3,(H3,13,14)(H2,16,20). The highest BCUT2D eigenvalue weighted by Gasteiger charge is 2.18. The van der Waals surface area contributed by atoms with Gasteiger partial charge < -0.3 is 17.2 Å². The van der Waals surface area contributed by atoms with Crippen LogP contribution in [0, 0.1) is 19.3 Å². The average molecular weight is 273 g/mol. The van der Waals surface area contributed by atoms with Crippen LogP contribution in [0.4, 0.5) is 5.82 Å². The number of carbonyl (C=O) groups is 1. The van der Waals surface area contributed by atoms with Crippen molar-refractivity contribution in [2.45, 2.75) is 13.8 Å². The van der Waals surface area contributed by atoms with Gasteiger partial charge in [0.05, 0.1) is 22.6 Å². The number of pyridine rings is 1. The second-order valence-corrected chi connectivity index (χ2v) is 4.34. The molecule has 0 aliphatic carbocycles. The molecule has 1 amide bonds. The summed E-state index contributed by atoms with van der Waals surface area (Å²) in [6, 6.07) is 3.14. The molecule has 20 heavy (non-hydrogen) atoms. The minimum Gasteiger partial charge on any atom is -0.384 e. The molecule has 0 saturated heterocycles. The monoisotopic (exact) mass is 273 g/mol. The predicted octanol–water partition coefficient (Wildman–Crippen LogP) is -0.151. The Balaban J connectivity index is 2.61. The summed E-state index contributed by atoms with van der Waals surface area (Å²) >= 11 is 0. The van der Waals surface area contributed by atoms with Crippen LogP contribution in [0.15, 0.2) is 12.1 Å². The number of amides is 1. The van der Waals surface area contributed by atoms with E-state index in [0.29, 0.717) is 22.6 Å². The molecule has 0 spiro atoms. The molecule has 0 bridgehead atoms. The number of nitrogen functional groups attached to an aromatic ring is 2. The third kappa shape index (κ3) is 2.07. The largest absolute Gasteiger partial charge is 0.384 e. The highest BCUT2D eigenvalue weighted by atomic mass is 16.1. The lowest BCUT2D eigenvalue weighted by molar-refractivity contribution is 0.0995. The summed E-state index contributed by atoms with van der Waals surface area (Å²) in [6.45, 7) is 3.43. The van der Waals surface area contributed by atoms with E-state index in [1.165, 1.54) is 10.7 Å². The summed E-state index contributed by atoms with van der Waals surface area (Å²) in [7, 11) is 0. The van der Waals surface area contributed by atoms with Gasteiger partial charge in [-0.2, -0.15) is 5.10 Å². The van der Waals surface area contributed by atoms with Crippen molar-refractivity contribution in [2.75, 3.05) is 5.73 Å². The topological polar surface area (TPSA) is 150 Å². The fourth-order valence-corrected chi connectivity index (χ4v) is 1.98. The van der Waals surface area contributed by atoms with Crippen molar-refractivity contribution in [1.82, 2.24) is 14.8 Å². The number of nitrogens with zero attached hydrogens (tertiary/aromatic N) is 3. The van der Waals surface area contributed by atoms with E-state index in [-0.39, 0.29) is 17.3 Å². The molecule has 0 atom stereocenters. The first kappa shape index (κ1) is 13.5. The van der Waals surface area contributed by atoms with Crippen LogP contribution in [0.3, 0.4) is 0 Å². The molecule has 0 radical (unpaired) electrons. The lowest BCUT2D eigenvalue weighted by atomic mass is 10.2. The Morgan fingerprint density at radius 2 is 1.90 bits per heavy atom. The number of nitrogens with one attached hydrogen (secondary N) is 1. The van der Waals surface area contributed by atoms with E-state index in [2.05, 4.69) is 10.1 Å². The molecule has 2 rings (SSSR count). The molecule has 0 saturated carbocycles. The second-order valence-electron chi connectivity index (χ2n) is 4.34. The van der Waals surface area contributed by atoms with Crippen molar-refractivity contribution in [3.05, 3.63) is 34.8 Å². The van der Waals surface area contributed by atoms with Gasteiger partial charge >= 0.3 is 0 Å². The van der Waals surface area contributed by atoms with Gasteiger partial charge in [-0.15, -0.1) is 0 Å². The van der Waals surface area contributed by atoms with Gasteiger partial charge in [-0.25, -0.2) is 9.67 Å². The number of hydrogen-bond donors (Lipinski definition) is 4. The van der Waals surface area contributed by atoms with Crippen molar-refractivity contribution in [1.29, 1.82) is 5.41 Å². The molecule has 0 aliphatic rings. The maximum Gasteiger partial charge on any atom is 0.267 e. The Bertz CT molecular complexity index is 717. The summed E-state index contributed by atoms with van der Waals surface area (Å²) in [5.41, 5.74) is 18.9. The highest BCUT2D eigenvalue weighted by molar-refractivity contribution is 6.00. The Morgan fingerprint density at radius 1 is 1.25 bits per heavy atom. The number of aryl methyl sites for hydroxylation is 2. The van der Waals surface area contributed by atoms with Gasteiger partial charge in [0.15, 0.2) is 0 Å². The van der Waals surface area contributed by atoms with Crippen LogP contribution in [0.2, 0.25) is 0 Å². The van der Waals surface area contributed by atoms with Crippen LogP contribution in [0.25, 0.3) is 5.69 Å². The molecule has 2 heterocycles. The van der Waals surface area contributed by atoms with Crippen LogP contribution in [0.1, 0.15) is 27.4 Å². The molecule has 2 aromatic heterocycles. The lowest BCUT2D eigenvalue weighted by Crippen LogP contribution is -2.16. The number of amidine groups is 1. The van der Waals surface area contributed by atoms with Gasteiger partial charge in [-0.05, 0) is 26.0 Å². The lowest BCUT2D eigenvalue weighted by Gasteiger charge is -2.08. The van der Waals surface area contributed by atoms with E-state index in [1.54, 1.807) is 19.9 Å². The maximum absolute atomic E-state index is 11.1. The summed E-state index contributed by atoms with van der Waals surface area (Å²) in [5.74, 6) is -0.494. The van der Waals surface area contributed by atoms with Gasteiger partial charge in [0.2, 0.25) is 0 Å². The molecular weight excluding hydrogens is 258 g/mol. The normalized spacial score (nSPS) is 10.5. The molecule has 2 aromatic rings. The van der Waals surface area contributed by atoms with Gasteiger partial charge in [0.1, 0.15) is 17.3 Å². The Hall–Kier alpha value is -2.90. The summed E-state index contributed by atoms with van der Waals surface area (Å²) in [4.78, 5) is 15.2. The Kier molecular flexibility index (Phi) is 3.15. The molecule has 0 aromatic carbocycles. The molecule has 0 unspecified atom stereocenters. The number of anilines is 1. The van der Waals surface area contributed by atoms with E-state index >= 15 is 0 Å². The zero-order valence-corrected chi connectivity index (χ0v) is 11.1. The predicted molar refractivity (Wildman–Crippen MR) is 74.8 cm³/mol. The number of carbonyl (C=O) groups excluding carboxylic acids is 1. The first-order valence-corrected chi connectivity index (χ1v) is 5.80. The molecule has 8 nitrogen and oxygen atoms in total. The molecular formula is C12H15N7O. The fraction of sp³-hybridized carbons (Fsp3) is 0.167. The third-order valence-corrected chi connectivity index (χ3v) is 2.90. The number of aromatic nitrogens is 3. The van der Waals surface area contributed by atoms with Crippen molar-refractivity contribution < 1.29 is 4.79 Å². The Labute approximate surface area is 115 Å². The number of rotatable bonds is 3. The third-order valence-electron chi connectivity index (χ3n) is 2.90. The van der Waals surface area contributed by atoms with E-state index in [1.807, 2.05) is 0 Å². The molecule has 7 N–H and O–H groups in total. The van der Waals surface area contributed by atoms with Gasteiger partial charge in [-0.1, -0.05) is 0 Å². The van der Waals surface area contributed by atoms with Crippen molar-refractivity contribution in [3.8, 4) is 5.69 Å². The quantitative estimate of drug-likeness (QED) is 0.453. The van der Waals surface area contributed by atoms with Crippen molar-refractivity contribution in [3.63, 3.8) is 0 Å². The van der Waals surface area contributed by atoms with Gasteiger partial charge in [-0.3, -0.25) is 10.2 Å². The van der Waals surface area contributed by atoms with Crippen LogP contribution >= 0.6 is 0 Å². The minimum atomic E-state index is -0.603. The van der Waals surface area contributed by atoms with E-state index in [4.69, 9.17) is 22.6 Å². The van der Waals surface area contributed by atoms with Gasteiger partial charge in [0, 0.05) is 0 Å². The molecule has 0 aliphatic heterocycles. The number of hydrogen-bond acceptors (Lipinski definition) is 5. The fourth-order valence-electron chi connectivity index (χ4n) is 1.98. The summed E-state index contributed by atoms with van der Waals surface area (Å²) < 4.78 is 1.44. The smallest absolute Gasteiger partial charge is 0.267 e. The van der Waals surface area contributed by atoms with E-state index in [9.17, 15) is 4.79 Å².